The molecule has 0 radical (unpaired) electrons. The van der Waals surface area contributed by atoms with Crippen LogP contribution in [0.2, 0.25) is 10.0 Å². The minimum Gasteiger partial charge on any atom is -0.424 e. The van der Waals surface area contributed by atoms with E-state index in [9.17, 15) is 0 Å². The van der Waals surface area contributed by atoms with Crippen molar-refractivity contribution >= 4 is 23.2 Å². The van der Waals surface area contributed by atoms with Crippen LogP contribution in [0.1, 0.15) is 18.9 Å². The van der Waals surface area contributed by atoms with Crippen LogP contribution in [0.4, 0.5) is 0 Å². The number of benzene rings is 1. The SMILES string of the molecule is CCC(N)Cc1cnc(Oc2cc(Cl)cc(Cl)c2)nc1. The van der Waals surface area contributed by atoms with Gasteiger partial charge >= 0.3 is 6.01 Å². The Morgan fingerprint density at radius 3 is 2.30 bits per heavy atom. The molecule has 0 aliphatic heterocycles. The zero-order chi connectivity index (χ0) is 14.5. The molecule has 1 unspecified atom stereocenters. The third-order valence-electron chi connectivity index (χ3n) is 2.75. The Bertz CT molecular complexity index is 555. The molecule has 0 aliphatic rings. The molecule has 2 aromatic rings. The van der Waals surface area contributed by atoms with E-state index >= 15 is 0 Å². The summed E-state index contributed by atoms with van der Waals surface area (Å²) in [5.41, 5.74) is 6.87. The summed E-state index contributed by atoms with van der Waals surface area (Å²) in [6, 6.07) is 5.30. The first-order valence-corrected chi connectivity index (χ1v) is 7.03. The maximum atomic E-state index is 5.90. The van der Waals surface area contributed by atoms with E-state index in [2.05, 4.69) is 9.97 Å². The summed E-state index contributed by atoms with van der Waals surface area (Å²) in [6.07, 6.45) is 5.09. The maximum Gasteiger partial charge on any atom is 0.321 e. The highest BCUT2D eigenvalue weighted by Gasteiger charge is 2.06. The van der Waals surface area contributed by atoms with Gasteiger partial charge in [-0.05, 0) is 36.6 Å². The molecule has 1 aromatic carbocycles. The summed E-state index contributed by atoms with van der Waals surface area (Å²) in [6.45, 7) is 2.05. The van der Waals surface area contributed by atoms with Crippen LogP contribution >= 0.6 is 23.2 Å². The first-order valence-electron chi connectivity index (χ1n) is 6.27. The van der Waals surface area contributed by atoms with Crippen molar-refractivity contribution in [1.29, 1.82) is 0 Å². The van der Waals surface area contributed by atoms with Gasteiger partial charge in [-0.15, -0.1) is 0 Å². The standard InChI is InChI=1S/C14H15Cl2N3O/c1-2-12(17)3-9-7-18-14(19-8-9)20-13-5-10(15)4-11(16)6-13/h4-8,12H,2-3,17H2,1H3. The zero-order valence-corrected chi connectivity index (χ0v) is 12.5. The highest BCUT2D eigenvalue weighted by atomic mass is 35.5. The first kappa shape index (κ1) is 15.0. The van der Waals surface area contributed by atoms with E-state index in [0.717, 1.165) is 18.4 Å². The zero-order valence-electron chi connectivity index (χ0n) is 11.0. The average molecular weight is 312 g/mol. The second-order valence-corrected chi connectivity index (χ2v) is 5.33. The fraction of sp³-hybridized carbons (Fsp3) is 0.286. The number of aromatic nitrogens is 2. The van der Waals surface area contributed by atoms with Crippen molar-refractivity contribution in [3.8, 4) is 11.8 Å². The molecule has 0 bridgehead atoms. The third kappa shape index (κ3) is 4.34. The highest BCUT2D eigenvalue weighted by Crippen LogP contribution is 2.26. The Morgan fingerprint density at radius 2 is 1.75 bits per heavy atom. The lowest BCUT2D eigenvalue weighted by Crippen LogP contribution is -2.21. The smallest absolute Gasteiger partial charge is 0.321 e. The van der Waals surface area contributed by atoms with Crippen LogP contribution in [0.3, 0.4) is 0 Å². The molecular formula is C14H15Cl2N3O. The van der Waals surface area contributed by atoms with Gasteiger partial charge in [0.1, 0.15) is 5.75 Å². The van der Waals surface area contributed by atoms with Crippen molar-refractivity contribution in [2.24, 2.45) is 5.73 Å². The molecule has 0 spiro atoms. The number of ether oxygens (including phenoxy) is 1. The fourth-order valence-electron chi connectivity index (χ4n) is 1.64. The van der Waals surface area contributed by atoms with Crippen molar-refractivity contribution in [2.75, 3.05) is 0 Å². The van der Waals surface area contributed by atoms with Gasteiger partial charge in [0, 0.05) is 28.5 Å². The van der Waals surface area contributed by atoms with E-state index in [1.54, 1.807) is 30.6 Å². The predicted molar refractivity (Wildman–Crippen MR) is 80.5 cm³/mol. The molecule has 0 saturated carbocycles. The number of hydrogen-bond acceptors (Lipinski definition) is 4. The van der Waals surface area contributed by atoms with E-state index in [4.69, 9.17) is 33.7 Å². The molecule has 1 atom stereocenters. The van der Waals surface area contributed by atoms with E-state index in [-0.39, 0.29) is 12.1 Å². The number of rotatable bonds is 5. The Kier molecular flexibility index (Phi) is 5.17. The minimum absolute atomic E-state index is 0.122. The Labute approximate surface area is 127 Å². The number of nitrogens with two attached hydrogens (primary N) is 1. The average Bonchev–Trinajstić information content (AvgIpc) is 2.39. The largest absolute Gasteiger partial charge is 0.424 e. The van der Waals surface area contributed by atoms with Gasteiger partial charge in [0.2, 0.25) is 0 Å². The van der Waals surface area contributed by atoms with Crippen LogP contribution in [-0.2, 0) is 6.42 Å². The van der Waals surface area contributed by atoms with Crippen LogP contribution in [0.25, 0.3) is 0 Å². The lowest BCUT2D eigenvalue weighted by Gasteiger charge is -2.08. The van der Waals surface area contributed by atoms with Gasteiger partial charge in [-0.25, -0.2) is 9.97 Å². The van der Waals surface area contributed by atoms with Crippen molar-refractivity contribution in [3.05, 3.63) is 46.2 Å². The molecule has 0 amide bonds. The van der Waals surface area contributed by atoms with Crippen molar-refractivity contribution < 1.29 is 4.74 Å². The molecule has 1 aromatic heterocycles. The molecule has 0 saturated heterocycles. The summed E-state index contributed by atoms with van der Waals surface area (Å²) in [7, 11) is 0. The molecule has 20 heavy (non-hydrogen) atoms. The summed E-state index contributed by atoms with van der Waals surface area (Å²) in [4.78, 5) is 8.29. The summed E-state index contributed by atoms with van der Waals surface area (Å²) in [5.74, 6) is 0.500. The predicted octanol–water partition coefficient (Wildman–Crippen LogP) is 3.86. The molecule has 106 valence electrons. The van der Waals surface area contributed by atoms with Gasteiger partial charge in [0.05, 0.1) is 0 Å². The van der Waals surface area contributed by atoms with E-state index in [1.165, 1.54) is 0 Å². The van der Waals surface area contributed by atoms with Crippen LogP contribution in [-0.4, -0.2) is 16.0 Å². The molecule has 0 fully saturated rings. The second-order valence-electron chi connectivity index (χ2n) is 4.45. The normalized spacial score (nSPS) is 12.2. The minimum atomic E-state index is 0.122. The van der Waals surface area contributed by atoms with Gasteiger partial charge in [-0.3, -0.25) is 0 Å². The lowest BCUT2D eigenvalue weighted by molar-refractivity contribution is 0.440. The van der Waals surface area contributed by atoms with Crippen molar-refractivity contribution in [3.63, 3.8) is 0 Å². The molecule has 4 nitrogen and oxygen atoms in total. The van der Waals surface area contributed by atoms with E-state index in [1.807, 2.05) is 6.92 Å². The van der Waals surface area contributed by atoms with Crippen LogP contribution in [0.5, 0.6) is 11.8 Å². The molecule has 6 heteroatoms. The molecule has 1 heterocycles. The van der Waals surface area contributed by atoms with E-state index in [0.29, 0.717) is 15.8 Å². The molecule has 2 rings (SSSR count). The van der Waals surface area contributed by atoms with E-state index < -0.39 is 0 Å². The molecular weight excluding hydrogens is 297 g/mol. The number of halogens is 2. The molecule has 2 N–H and O–H groups in total. The fourth-order valence-corrected chi connectivity index (χ4v) is 2.15. The van der Waals surface area contributed by atoms with Crippen LogP contribution in [0.15, 0.2) is 30.6 Å². The highest BCUT2D eigenvalue weighted by molar-refractivity contribution is 6.34. The summed E-state index contributed by atoms with van der Waals surface area (Å²) in [5, 5.41) is 0.996. The molecule has 0 aliphatic carbocycles. The lowest BCUT2D eigenvalue weighted by atomic mass is 10.1. The van der Waals surface area contributed by atoms with Crippen LogP contribution < -0.4 is 10.5 Å². The quantitative estimate of drug-likeness (QED) is 0.911. The number of hydrogen-bond donors (Lipinski definition) is 1. The Morgan fingerprint density at radius 1 is 1.15 bits per heavy atom. The van der Waals surface area contributed by atoms with Gasteiger partial charge in [0.15, 0.2) is 0 Å². The second kappa shape index (κ2) is 6.88. The number of nitrogens with zero attached hydrogens (tertiary/aromatic N) is 2. The monoisotopic (exact) mass is 311 g/mol. The Balaban J connectivity index is 2.06. The topological polar surface area (TPSA) is 61.0 Å². The summed E-state index contributed by atoms with van der Waals surface area (Å²) >= 11 is 11.8. The third-order valence-corrected chi connectivity index (χ3v) is 3.19. The first-order chi connectivity index (χ1) is 9.56. The van der Waals surface area contributed by atoms with Gasteiger partial charge in [-0.2, -0.15) is 0 Å². The van der Waals surface area contributed by atoms with Crippen molar-refractivity contribution in [1.82, 2.24) is 9.97 Å². The van der Waals surface area contributed by atoms with Crippen LogP contribution in [0, 0.1) is 0 Å². The van der Waals surface area contributed by atoms with Crippen molar-refractivity contribution in [2.45, 2.75) is 25.8 Å². The Hall–Kier alpha value is -1.36. The van der Waals surface area contributed by atoms with Gasteiger partial charge < -0.3 is 10.5 Å². The van der Waals surface area contributed by atoms with Gasteiger partial charge in [-0.1, -0.05) is 30.1 Å². The van der Waals surface area contributed by atoms with Gasteiger partial charge in [0.25, 0.3) is 0 Å². The summed E-state index contributed by atoms with van der Waals surface area (Å²) < 4.78 is 5.50. The maximum absolute atomic E-state index is 5.90.